The Kier molecular flexibility index (Phi) is 5.20. The van der Waals surface area contributed by atoms with E-state index >= 15 is 0 Å². The van der Waals surface area contributed by atoms with Gasteiger partial charge in [-0.15, -0.1) is 0 Å². The van der Waals surface area contributed by atoms with Crippen molar-refractivity contribution in [1.29, 1.82) is 0 Å². The van der Waals surface area contributed by atoms with Crippen LogP contribution < -0.4 is 5.32 Å². The molecule has 4 rings (SSSR count). The molecule has 0 bridgehead atoms. The summed E-state index contributed by atoms with van der Waals surface area (Å²) in [5, 5.41) is 5.13. The molecule has 0 spiro atoms. The predicted molar refractivity (Wildman–Crippen MR) is 107 cm³/mol. The van der Waals surface area contributed by atoms with Crippen LogP contribution in [0.4, 0.5) is 0 Å². The standard InChI is InChI=1S/C21H23N3O2S/c25-27(26,21-8-4-7-18-16-22-12-9-20(18)21)24-13-10-19(11-14-24)23-15-17-5-2-1-3-6-17/h1-9,12,16,19,23H,10-11,13-15H2. The Morgan fingerprint density at radius 2 is 1.78 bits per heavy atom. The van der Waals surface area contributed by atoms with Crippen molar-refractivity contribution < 1.29 is 8.42 Å². The Morgan fingerprint density at radius 3 is 2.56 bits per heavy atom. The van der Waals surface area contributed by atoms with Crippen LogP contribution in [0.2, 0.25) is 0 Å². The van der Waals surface area contributed by atoms with E-state index in [0.29, 0.717) is 24.0 Å². The fourth-order valence-corrected chi connectivity index (χ4v) is 5.30. The van der Waals surface area contributed by atoms with E-state index in [4.69, 9.17) is 0 Å². The number of sulfonamides is 1. The molecular formula is C21H23N3O2S. The normalized spacial score (nSPS) is 16.6. The molecule has 1 N–H and O–H groups in total. The van der Waals surface area contributed by atoms with Crippen LogP contribution in [0.3, 0.4) is 0 Å². The minimum absolute atomic E-state index is 0.341. The Bertz CT molecular complexity index is 1010. The average Bonchev–Trinajstić information content (AvgIpc) is 2.73. The molecule has 1 saturated heterocycles. The topological polar surface area (TPSA) is 62.3 Å². The molecular weight excluding hydrogens is 358 g/mol. The van der Waals surface area contributed by atoms with Gasteiger partial charge in [-0.1, -0.05) is 42.5 Å². The summed E-state index contributed by atoms with van der Waals surface area (Å²) in [6.07, 6.45) is 4.98. The number of nitrogens with one attached hydrogen (secondary N) is 1. The van der Waals surface area contributed by atoms with E-state index in [2.05, 4.69) is 22.4 Å². The first-order chi connectivity index (χ1) is 13.1. The van der Waals surface area contributed by atoms with Gasteiger partial charge in [0.2, 0.25) is 10.0 Å². The number of piperidine rings is 1. The zero-order valence-corrected chi connectivity index (χ0v) is 15.9. The van der Waals surface area contributed by atoms with Crippen LogP contribution in [0.5, 0.6) is 0 Å². The van der Waals surface area contributed by atoms with Gasteiger partial charge in [0.05, 0.1) is 4.90 Å². The predicted octanol–water partition coefficient (Wildman–Crippen LogP) is 3.18. The lowest BCUT2D eigenvalue weighted by molar-refractivity contribution is 0.289. The third-order valence-corrected chi connectivity index (χ3v) is 7.11. The van der Waals surface area contributed by atoms with Crippen molar-refractivity contribution >= 4 is 20.8 Å². The smallest absolute Gasteiger partial charge is 0.243 e. The van der Waals surface area contributed by atoms with E-state index in [1.54, 1.807) is 34.9 Å². The van der Waals surface area contributed by atoms with E-state index in [-0.39, 0.29) is 0 Å². The molecule has 0 amide bonds. The van der Waals surface area contributed by atoms with Gasteiger partial charge in [-0.25, -0.2) is 8.42 Å². The lowest BCUT2D eigenvalue weighted by Gasteiger charge is -2.32. The molecule has 0 aliphatic carbocycles. The second-order valence-electron chi connectivity index (χ2n) is 6.90. The maximum absolute atomic E-state index is 13.2. The highest BCUT2D eigenvalue weighted by atomic mass is 32.2. The van der Waals surface area contributed by atoms with E-state index in [0.717, 1.165) is 30.2 Å². The fourth-order valence-electron chi connectivity index (χ4n) is 3.62. The zero-order chi connectivity index (χ0) is 18.7. The number of rotatable bonds is 5. The van der Waals surface area contributed by atoms with Gasteiger partial charge in [-0.2, -0.15) is 4.31 Å². The van der Waals surface area contributed by atoms with Crippen LogP contribution in [0.15, 0.2) is 71.9 Å². The van der Waals surface area contributed by atoms with E-state index in [1.165, 1.54) is 5.56 Å². The summed E-state index contributed by atoms with van der Waals surface area (Å²) < 4.78 is 28.0. The molecule has 140 valence electrons. The summed E-state index contributed by atoms with van der Waals surface area (Å²) in [5.74, 6) is 0. The molecule has 2 aromatic carbocycles. The van der Waals surface area contributed by atoms with Gasteiger partial charge in [0.1, 0.15) is 0 Å². The first-order valence-corrected chi connectivity index (χ1v) is 10.7. The SMILES string of the molecule is O=S(=O)(c1cccc2cnccc12)N1CCC(NCc2ccccc2)CC1. The second-order valence-corrected chi connectivity index (χ2v) is 8.80. The lowest BCUT2D eigenvalue weighted by atomic mass is 10.1. The summed E-state index contributed by atoms with van der Waals surface area (Å²) in [6.45, 7) is 1.89. The third-order valence-electron chi connectivity index (χ3n) is 5.15. The van der Waals surface area contributed by atoms with Gasteiger partial charge in [0, 0.05) is 48.8 Å². The van der Waals surface area contributed by atoms with Crippen molar-refractivity contribution in [3.05, 3.63) is 72.6 Å². The van der Waals surface area contributed by atoms with Crippen molar-refractivity contribution in [2.45, 2.75) is 30.3 Å². The van der Waals surface area contributed by atoms with Crippen LogP contribution in [0.1, 0.15) is 18.4 Å². The molecule has 27 heavy (non-hydrogen) atoms. The van der Waals surface area contributed by atoms with Gasteiger partial charge < -0.3 is 5.32 Å². The molecule has 0 atom stereocenters. The van der Waals surface area contributed by atoms with Gasteiger partial charge >= 0.3 is 0 Å². The maximum atomic E-state index is 13.2. The largest absolute Gasteiger partial charge is 0.310 e. The van der Waals surface area contributed by atoms with Crippen LogP contribution >= 0.6 is 0 Å². The number of nitrogens with zero attached hydrogens (tertiary/aromatic N) is 2. The van der Waals surface area contributed by atoms with Crippen LogP contribution in [0.25, 0.3) is 10.8 Å². The minimum atomic E-state index is -3.50. The third kappa shape index (κ3) is 3.88. The van der Waals surface area contributed by atoms with Gasteiger partial charge in [0.15, 0.2) is 0 Å². The van der Waals surface area contributed by atoms with E-state index in [1.807, 2.05) is 24.3 Å². The molecule has 1 fully saturated rings. The highest BCUT2D eigenvalue weighted by molar-refractivity contribution is 7.89. The highest BCUT2D eigenvalue weighted by Crippen LogP contribution is 2.27. The Balaban J connectivity index is 1.44. The highest BCUT2D eigenvalue weighted by Gasteiger charge is 2.30. The van der Waals surface area contributed by atoms with Crippen LogP contribution in [-0.4, -0.2) is 36.8 Å². The zero-order valence-electron chi connectivity index (χ0n) is 15.1. The fraction of sp³-hybridized carbons (Fsp3) is 0.286. The molecule has 0 radical (unpaired) electrons. The molecule has 6 heteroatoms. The van der Waals surface area contributed by atoms with Crippen molar-refractivity contribution in [3.8, 4) is 0 Å². The molecule has 5 nitrogen and oxygen atoms in total. The summed E-state index contributed by atoms with van der Waals surface area (Å²) in [6, 6.07) is 17.8. The van der Waals surface area contributed by atoms with Gasteiger partial charge in [-0.3, -0.25) is 4.98 Å². The lowest BCUT2D eigenvalue weighted by Crippen LogP contribution is -2.44. The molecule has 1 aromatic heterocycles. The summed E-state index contributed by atoms with van der Waals surface area (Å²) in [7, 11) is -3.50. The monoisotopic (exact) mass is 381 g/mol. The van der Waals surface area contributed by atoms with Crippen molar-refractivity contribution in [3.63, 3.8) is 0 Å². The Hall–Kier alpha value is -2.28. The van der Waals surface area contributed by atoms with Crippen LogP contribution in [0, 0.1) is 0 Å². The van der Waals surface area contributed by atoms with Gasteiger partial charge in [0.25, 0.3) is 0 Å². The summed E-state index contributed by atoms with van der Waals surface area (Å²) >= 11 is 0. The molecule has 3 aromatic rings. The average molecular weight is 382 g/mol. The number of benzene rings is 2. The molecule has 2 heterocycles. The first kappa shape index (κ1) is 18.1. The molecule has 1 aliphatic rings. The number of hydrogen-bond acceptors (Lipinski definition) is 4. The second kappa shape index (κ2) is 7.76. The van der Waals surface area contributed by atoms with Crippen molar-refractivity contribution in [1.82, 2.24) is 14.6 Å². The minimum Gasteiger partial charge on any atom is -0.310 e. The van der Waals surface area contributed by atoms with E-state index < -0.39 is 10.0 Å². The number of fused-ring (bicyclic) bond motifs is 1. The maximum Gasteiger partial charge on any atom is 0.243 e. The van der Waals surface area contributed by atoms with Crippen molar-refractivity contribution in [2.24, 2.45) is 0 Å². The molecule has 1 aliphatic heterocycles. The van der Waals surface area contributed by atoms with Crippen LogP contribution in [-0.2, 0) is 16.6 Å². The molecule has 0 saturated carbocycles. The first-order valence-electron chi connectivity index (χ1n) is 9.25. The van der Waals surface area contributed by atoms with Gasteiger partial charge in [-0.05, 0) is 30.5 Å². The Labute approximate surface area is 160 Å². The van der Waals surface area contributed by atoms with Crippen molar-refractivity contribution in [2.75, 3.05) is 13.1 Å². The Morgan fingerprint density at radius 1 is 1.00 bits per heavy atom. The number of pyridine rings is 1. The summed E-state index contributed by atoms with van der Waals surface area (Å²) in [5.41, 5.74) is 1.25. The number of hydrogen-bond donors (Lipinski definition) is 1. The quantitative estimate of drug-likeness (QED) is 0.737. The number of aromatic nitrogens is 1. The molecule has 0 unspecified atom stereocenters. The summed E-state index contributed by atoms with van der Waals surface area (Å²) in [4.78, 5) is 4.46. The van der Waals surface area contributed by atoms with E-state index in [9.17, 15) is 8.42 Å².